The first-order valence-corrected chi connectivity index (χ1v) is 12.4. The molecule has 1 N–H and O–H groups in total. The van der Waals surface area contributed by atoms with E-state index in [1.165, 1.54) is 4.90 Å². The van der Waals surface area contributed by atoms with Crippen LogP contribution in [0.4, 0.5) is 11.4 Å². The summed E-state index contributed by atoms with van der Waals surface area (Å²) in [4.78, 5) is 30.5. The van der Waals surface area contributed by atoms with E-state index in [1.54, 1.807) is 7.11 Å². The molecule has 1 aliphatic heterocycles. The molecule has 192 valence electrons. The van der Waals surface area contributed by atoms with Crippen LogP contribution in [0, 0.1) is 13.8 Å². The predicted molar refractivity (Wildman–Crippen MR) is 149 cm³/mol. The lowest BCUT2D eigenvalue weighted by Gasteiger charge is -2.26. The van der Waals surface area contributed by atoms with Crippen LogP contribution in [0.2, 0.25) is 0 Å². The smallest absolute Gasteiger partial charge is 0.300 e. The normalized spacial score (nSPS) is 17.0. The number of hydrogen-bond acceptors (Lipinski definition) is 5. The minimum absolute atomic E-state index is 0.0751. The lowest BCUT2D eigenvalue weighted by Crippen LogP contribution is -2.29. The fourth-order valence-electron chi connectivity index (χ4n) is 4.80. The van der Waals surface area contributed by atoms with Gasteiger partial charge in [0.15, 0.2) is 0 Å². The largest absolute Gasteiger partial charge is 0.507 e. The molecule has 0 aromatic heterocycles. The van der Waals surface area contributed by atoms with E-state index in [4.69, 9.17) is 4.74 Å². The second-order valence-corrected chi connectivity index (χ2v) is 10.1. The molecule has 1 aliphatic rings. The molecule has 1 heterocycles. The molecule has 0 aliphatic carbocycles. The number of amides is 1. The minimum Gasteiger partial charge on any atom is -0.507 e. The molecule has 1 fully saturated rings. The molecule has 1 unspecified atom stereocenters. The van der Waals surface area contributed by atoms with Crippen LogP contribution in [-0.2, 0) is 9.59 Å². The van der Waals surface area contributed by atoms with Crippen molar-refractivity contribution in [2.24, 2.45) is 0 Å². The van der Waals surface area contributed by atoms with E-state index < -0.39 is 17.7 Å². The Bertz CT molecular complexity index is 1370. The van der Waals surface area contributed by atoms with Crippen molar-refractivity contribution in [1.29, 1.82) is 0 Å². The standard InChI is InChI=1S/C31H34N2O4/c1-18(2)24-17-25(20(4)16-26(24)37-7)29(34)27-28(21-10-14-22(15-11-21)32(5)6)33(31(36)30(27)35)23-12-8-19(3)9-13-23/h8-18,28,34H,1-7H3/b29-27+. The van der Waals surface area contributed by atoms with Crippen molar-refractivity contribution in [3.05, 3.63) is 94.1 Å². The first kappa shape index (κ1) is 26.0. The molecule has 37 heavy (non-hydrogen) atoms. The second kappa shape index (κ2) is 10.1. The van der Waals surface area contributed by atoms with Crippen LogP contribution in [0.15, 0.2) is 66.2 Å². The summed E-state index contributed by atoms with van der Waals surface area (Å²) >= 11 is 0. The van der Waals surface area contributed by atoms with Gasteiger partial charge in [0, 0.05) is 31.0 Å². The van der Waals surface area contributed by atoms with E-state index in [0.29, 0.717) is 11.3 Å². The molecule has 0 radical (unpaired) electrons. The molecule has 0 bridgehead atoms. The number of Topliss-reactive ketones (excluding diaryl/α,β-unsaturated/α-hetero) is 1. The monoisotopic (exact) mass is 498 g/mol. The van der Waals surface area contributed by atoms with Crippen LogP contribution >= 0.6 is 0 Å². The number of benzene rings is 3. The summed E-state index contributed by atoms with van der Waals surface area (Å²) in [6.45, 7) is 7.91. The third-order valence-corrected chi connectivity index (χ3v) is 6.94. The van der Waals surface area contributed by atoms with Gasteiger partial charge in [-0.25, -0.2) is 0 Å². The SMILES string of the molecule is COc1cc(C)c(/C(O)=C2\C(=O)C(=O)N(c3ccc(C)cc3)C2c2ccc(N(C)C)cc2)cc1C(C)C. The van der Waals surface area contributed by atoms with Gasteiger partial charge in [0.1, 0.15) is 11.5 Å². The zero-order valence-corrected chi connectivity index (χ0v) is 22.5. The highest BCUT2D eigenvalue weighted by Gasteiger charge is 2.47. The van der Waals surface area contributed by atoms with Gasteiger partial charge in [-0.1, -0.05) is 43.7 Å². The zero-order valence-electron chi connectivity index (χ0n) is 22.5. The van der Waals surface area contributed by atoms with Gasteiger partial charge in [-0.15, -0.1) is 0 Å². The van der Waals surface area contributed by atoms with Crippen molar-refractivity contribution in [3.8, 4) is 5.75 Å². The van der Waals surface area contributed by atoms with Gasteiger partial charge >= 0.3 is 0 Å². The highest BCUT2D eigenvalue weighted by atomic mass is 16.5. The summed E-state index contributed by atoms with van der Waals surface area (Å²) < 4.78 is 5.56. The quantitative estimate of drug-likeness (QED) is 0.252. The lowest BCUT2D eigenvalue weighted by atomic mass is 9.91. The molecule has 3 aromatic rings. The van der Waals surface area contributed by atoms with Crippen LogP contribution in [0.25, 0.3) is 5.76 Å². The van der Waals surface area contributed by atoms with Gasteiger partial charge in [0.05, 0.1) is 18.7 Å². The van der Waals surface area contributed by atoms with Gasteiger partial charge in [-0.05, 0) is 72.9 Å². The Hall–Kier alpha value is -4.06. The number of carbonyl (C=O) groups excluding carboxylic acids is 2. The number of nitrogens with zero attached hydrogens (tertiary/aromatic N) is 2. The fraction of sp³-hybridized carbons (Fsp3) is 0.290. The maximum Gasteiger partial charge on any atom is 0.300 e. The van der Waals surface area contributed by atoms with E-state index in [-0.39, 0.29) is 17.3 Å². The summed E-state index contributed by atoms with van der Waals surface area (Å²) in [6.07, 6.45) is 0. The molecule has 0 saturated carbocycles. The summed E-state index contributed by atoms with van der Waals surface area (Å²) in [7, 11) is 5.52. The summed E-state index contributed by atoms with van der Waals surface area (Å²) in [5.74, 6) is -0.702. The maximum absolute atomic E-state index is 13.5. The Balaban J connectivity index is 1.97. The number of aliphatic hydroxyl groups excluding tert-OH is 1. The van der Waals surface area contributed by atoms with Crippen molar-refractivity contribution in [1.82, 2.24) is 0 Å². The Morgan fingerprint density at radius 2 is 1.59 bits per heavy atom. The summed E-state index contributed by atoms with van der Waals surface area (Å²) in [5, 5.41) is 11.7. The number of methoxy groups -OCH3 is 1. The van der Waals surface area contributed by atoms with Crippen LogP contribution in [-0.4, -0.2) is 38.0 Å². The van der Waals surface area contributed by atoms with E-state index in [2.05, 4.69) is 0 Å². The van der Waals surface area contributed by atoms with Gasteiger partial charge in [0.2, 0.25) is 0 Å². The van der Waals surface area contributed by atoms with E-state index in [9.17, 15) is 14.7 Å². The summed E-state index contributed by atoms with van der Waals surface area (Å²) in [5.41, 5.74) is 5.62. The fourth-order valence-corrected chi connectivity index (χ4v) is 4.80. The highest BCUT2D eigenvalue weighted by Crippen LogP contribution is 2.43. The van der Waals surface area contributed by atoms with Gasteiger partial charge in [-0.3, -0.25) is 14.5 Å². The molecular weight excluding hydrogens is 464 g/mol. The van der Waals surface area contributed by atoms with Crippen LogP contribution < -0.4 is 14.5 Å². The van der Waals surface area contributed by atoms with E-state index in [0.717, 1.165) is 33.7 Å². The number of aliphatic hydroxyl groups is 1. The zero-order chi connectivity index (χ0) is 27.0. The molecule has 4 rings (SSSR count). The molecular formula is C31H34N2O4. The summed E-state index contributed by atoms with van der Waals surface area (Å²) in [6, 6.07) is 18.1. The molecule has 1 amide bonds. The number of rotatable bonds is 6. The van der Waals surface area contributed by atoms with Crippen molar-refractivity contribution < 1.29 is 19.4 Å². The first-order valence-electron chi connectivity index (χ1n) is 12.4. The molecule has 3 aromatic carbocycles. The van der Waals surface area contributed by atoms with E-state index >= 15 is 0 Å². The average Bonchev–Trinajstić information content (AvgIpc) is 3.14. The topological polar surface area (TPSA) is 70.1 Å². The molecule has 1 atom stereocenters. The van der Waals surface area contributed by atoms with E-state index in [1.807, 2.05) is 107 Å². The van der Waals surface area contributed by atoms with Crippen molar-refractivity contribution >= 4 is 28.8 Å². The molecule has 6 heteroatoms. The second-order valence-electron chi connectivity index (χ2n) is 10.1. The Morgan fingerprint density at radius 3 is 2.14 bits per heavy atom. The van der Waals surface area contributed by atoms with Gasteiger partial charge in [0.25, 0.3) is 11.7 Å². The molecule has 0 spiro atoms. The van der Waals surface area contributed by atoms with Crippen molar-refractivity contribution in [2.75, 3.05) is 31.0 Å². The predicted octanol–water partition coefficient (Wildman–Crippen LogP) is 6.13. The number of aryl methyl sites for hydroxylation is 2. The highest BCUT2D eigenvalue weighted by molar-refractivity contribution is 6.51. The van der Waals surface area contributed by atoms with Crippen LogP contribution in [0.5, 0.6) is 5.75 Å². The van der Waals surface area contributed by atoms with Gasteiger partial charge < -0.3 is 14.7 Å². The first-order chi connectivity index (χ1) is 17.5. The average molecular weight is 499 g/mol. The lowest BCUT2D eigenvalue weighted by molar-refractivity contribution is -0.132. The number of ether oxygens (including phenoxy) is 1. The van der Waals surface area contributed by atoms with Crippen LogP contribution in [0.3, 0.4) is 0 Å². The maximum atomic E-state index is 13.5. The Labute approximate surface area is 218 Å². The number of anilines is 2. The third kappa shape index (κ3) is 4.71. The Morgan fingerprint density at radius 1 is 0.973 bits per heavy atom. The van der Waals surface area contributed by atoms with Crippen molar-refractivity contribution in [3.63, 3.8) is 0 Å². The van der Waals surface area contributed by atoms with Crippen molar-refractivity contribution in [2.45, 2.75) is 39.7 Å². The number of ketones is 1. The number of hydrogen-bond donors (Lipinski definition) is 1. The van der Waals surface area contributed by atoms with Gasteiger partial charge in [-0.2, -0.15) is 0 Å². The third-order valence-electron chi connectivity index (χ3n) is 6.94. The minimum atomic E-state index is -0.775. The number of carbonyl (C=O) groups is 2. The molecule has 1 saturated heterocycles. The Kier molecular flexibility index (Phi) is 7.12. The van der Waals surface area contributed by atoms with Crippen LogP contribution in [0.1, 0.15) is 53.6 Å². The molecule has 6 nitrogen and oxygen atoms in total.